The Labute approximate surface area is 133 Å². The molecular weight excluding hydrogens is 276 g/mol. The van der Waals surface area contributed by atoms with E-state index in [-0.39, 0.29) is 18.6 Å². The zero-order valence-electron chi connectivity index (χ0n) is 12.9. The van der Waals surface area contributed by atoms with Gasteiger partial charge in [0, 0.05) is 23.8 Å². The van der Waals surface area contributed by atoms with E-state index >= 15 is 0 Å². The first-order valence-electron chi connectivity index (χ1n) is 8.03. The minimum absolute atomic E-state index is 0. The van der Waals surface area contributed by atoms with Gasteiger partial charge in [-0.1, -0.05) is 26.8 Å². The molecule has 1 aromatic rings. The Morgan fingerprint density at radius 3 is 2.82 bits per heavy atom. The molecule has 0 aliphatic heterocycles. The molecule has 0 saturated heterocycles. The van der Waals surface area contributed by atoms with E-state index in [1.54, 1.807) is 13.2 Å². The highest BCUT2D eigenvalue weighted by Crippen LogP contribution is 2.55. The lowest BCUT2D eigenvalue weighted by atomic mass is 9.56. The lowest BCUT2D eigenvalue weighted by Crippen LogP contribution is -2.44. The molecule has 0 heterocycles. The number of Topliss-reactive ketones (excluding diaryl/α,β-unsaturated/α-hetero) is 1. The molecule has 2 aliphatic rings. The number of benzene rings is 1. The van der Waals surface area contributed by atoms with Gasteiger partial charge < -0.3 is 9.84 Å². The third kappa shape index (κ3) is 2.41. The predicted octanol–water partition coefficient (Wildman–Crippen LogP) is 4.39. The molecule has 3 heteroatoms. The van der Waals surface area contributed by atoms with Gasteiger partial charge in [-0.3, -0.25) is 4.79 Å². The van der Waals surface area contributed by atoms with Crippen LogP contribution in [0.25, 0.3) is 0 Å². The Hall–Kier alpha value is -1.51. The summed E-state index contributed by atoms with van der Waals surface area (Å²) in [5.41, 5.74) is 2.25. The number of hydrogen-bond acceptors (Lipinski definition) is 3. The summed E-state index contributed by atoms with van der Waals surface area (Å²) < 4.78 is 5.54. The lowest BCUT2D eigenvalue weighted by Gasteiger charge is -2.47. The SMILES string of the molecule is C.CCC1CCC(=O)C[C@@]12CCCc1ccc(O)c(OC)c12. The van der Waals surface area contributed by atoms with E-state index in [1.807, 2.05) is 6.07 Å². The van der Waals surface area contributed by atoms with Gasteiger partial charge in [0.25, 0.3) is 0 Å². The molecule has 1 fully saturated rings. The number of carbonyl (C=O) groups is 1. The molecule has 0 amide bonds. The van der Waals surface area contributed by atoms with Crippen molar-refractivity contribution in [3.63, 3.8) is 0 Å². The second-order valence-corrected chi connectivity index (χ2v) is 6.52. The highest BCUT2D eigenvalue weighted by Gasteiger charge is 2.48. The van der Waals surface area contributed by atoms with Gasteiger partial charge in [0.15, 0.2) is 11.5 Å². The second-order valence-electron chi connectivity index (χ2n) is 6.52. The van der Waals surface area contributed by atoms with E-state index in [0.29, 0.717) is 30.3 Å². The number of phenols is 1. The van der Waals surface area contributed by atoms with Crippen molar-refractivity contribution in [2.24, 2.45) is 5.92 Å². The molecule has 1 aromatic carbocycles. The molecule has 22 heavy (non-hydrogen) atoms. The van der Waals surface area contributed by atoms with Crippen molar-refractivity contribution in [1.29, 1.82) is 0 Å². The zero-order chi connectivity index (χ0) is 15.0. The molecule has 3 nitrogen and oxygen atoms in total. The van der Waals surface area contributed by atoms with Crippen LogP contribution in [0.3, 0.4) is 0 Å². The molecule has 1 unspecified atom stereocenters. The first-order valence-corrected chi connectivity index (χ1v) is 8.03. The van der Waals surface area contributed by atoms with Crippen LogP contribution in [0.4, 0.5) is 0 Å². The number of hydrogen-bond donors (Lipinski definition) is 1. The van der Waals surface area contributed by atoms with Gasteiger partial charge in [0.05, 0.1) is 7.11 Å². The van der Waals surface area contributed by atoms with Crippen molar-refractivity contribution >= 4 is 5.78 Å². The van der Waals surface area contributed by atoms with E-state index in [4.69, 9.17) is 4.74 Å². The van der Waals surface area contributed by atoms with Gasteiger partial charge in [-0.15, -0.1) is 0 Å². The molecule has 0 aromatic heterocycles. The van der Waals surface area contributed by atoms with Crippen LogP contribution < -0.4 is 4.74 Å². The number of phenolic OH excluding ortho intramolecular Hbond substituents is 1. The van der Waals surface area contributed by atoms with Crippen molar-refractivity contribution in [2.75, 3.05) is 7.11 Å². The van der Waals surface area contributed by atoms with Gasteiger partial charge in [-0.05, 0) is 43.2 Å². The number of ketones is 1. The van der Waals surface area contributed by atoms with E-state index in [9.17, 15) is 9.90 Å². The van der Waals surface area contributed by atoms with Crippen LogP contribution in [0.2, 0.25) is 0 Å². The summed E-state index contributed by atoms with van der Waals surface area (Å²) in [6.45, 7) is 2.21. The summed E-state index contributed by atoms with van der Waals surface area (Å²) >= 11 is 0. The minimum Gasteiger partial charge on any atom is -0.504 e. The fourth-order valence-electron chi connectivity index (χ4n) is 4.67. The number of rotatable bonds is 2. The normalized spacial score (nSPS) is 27.2. The highest BCUT2D eigenvalue weighted by molar-refractivity contribution is 5.82. The van der Waals surface area contributed by atoms with Crippen LogP contribution in [-0.4, -0.2) is 18.0 Å². The van der Waals surface area contributed by atoms with E-state index < -0.39 is 0 Å². The van der Waals surface area contributed by atoms with Crippen LogP contribution in [-0.2, 0) is 16.6 Å². The Morgan fingerprint density at radius 2 is 2.14 bits per heavy atom. The molecule has 0 bridgehead atoms. The maximum absolute atomic E-state index is 12.2. The standard InChI is InChI=1S/C18H24O3.CH4/c1-3-13-7-8-14(19)11-18(13)10-4-5-12-6-9-15(20)17(21-2)16(12)18;/h6,9,13,20H,3-5,7-8,10-11H2,1-2H3;1H4/t13?,18-;/m0./s1. The number of aromatic hydroxyl groups is 1. The average molecular weight is 304 g/mol. The van der Waals surface area contributed by atoms with Crippen LogP contribution in [0.1, 0.15) is 64.0 Å². The van der Waals surface area contributed by atoms with Crippen LogP contribution in [0, 0.1) is 5.92 Å². The number of fused-ring (bicyclic) bond motifs is 2. The zero-order valence-corrected chi connectivity index (χ0v) is 12.9. The summed E-state index contributed by atoms with van der Waals surface area (Å²) in [5, 5.41) is 10.2. The largest absolute Gasteiger partial charge is 0.504 e. The summed E-state index contributed by atoms with van der Waals surface area (Å²) in [4.78, 5) is 12.2. The van der Waals surface area contributed by atoms with E-state index in [0.717, 1.165) is 37.7 Å². The van der Waals surface area contributed by atoms with Crippen molar-refractivity contribution in [2.45, 2.75) is 64.7 Å². The van der Waals surface area contributed by atoms with Crippen molar-refractivity contribution in [3.8, 4) is 11.5 Å². The third-order valence-corrected chi connectivity index (χ3v) is 5.55. The van der Waals surface area contributed by atoms with Crippen molar-refractivity contribution in [3.05, 3.63) is 23.3 Å². The molecule has 1 saturated carbocycles. The van der Waals surface area contributed by atoms with Gasteiger partial charge >= 0.3 is 0 Å². The number of methoxy groups -OCH3 is 1. The molecule has 3 rings (SSSR count). The molecule has 122 valence electrons. The fraction of sp³-hybridized carbons (Fsp3) is 0.632. The minimum atomic E-state index is -0.123. The lowest BCUT2D eigenvalue weighted by molar-refractivity contribution is -0.124. The highest BCUT2D eigenvalue weighted by atomic mass is 16.5. The summed E-state index contributed by atoms with van der Waals surface area (Å²) in [6.07, 6.45) is 6.52. The van der Waals surface area contributed by atoms with Gasteiger partial charge in [0.2, 0.25) is 0 Å². The fourth-order valence-corrected chi connectivity index (χ4v) is 4.67. The summed E-state index contributed by atoms with van der Waals surface area (Å²) in [7, 11) is 1.61. The number of ether oxygens (including phenoxy) is 1. The van der Waals surface area contributed by atoms with Crippen molar-refractivity contribution in [1.82, 2.24) is 0 Å². The Balaban J connectivity index is 0.00000176. The number of aryl methyl sites for hydroxylation is 1. The topological polar surface area (TPSA) is 46.5 Å². The van der Waals surface area contributed by atoms with Gasteiger partial charge in [-0.2, -0.15) is 0 Å². The van der Waals surface area contributed by atoms with Gasteiger partial charge in [-0.25, -0.2) is 0 Å². The first-order chi connectivity index (χ1) is 10.1. The monoisotopic (exact) mass is 304 g/mol. The third-order valence-electron chi connectivity index (χ3n) is 5.55. The van der Waals surface area contributed by atoms with E-state index in [1.165, 1.54) is 5.56 Å². The Bertz CT molecular complexity index is 564. The average Bonchev–Trinajstić information content (AvgIpc) is 2.48. The quantitative estimate of drug-likeness (QED) is 0.881. The van der Waals surface area contributed by atoms with Crippen LogP contribution in [0.15, 0.2) is 12.1 Å². The van der Waals surface area contributed by atoms with Crippen LogP contribution >= 0.6 is 0 Å². The van der Waals surface area contributed by atoms with Crippen molar-refractivity contribution < 1.29 is 14.6 Å². The molecule has 2 atom stereocenters. The Kier molecular flexibility index (Phi) is 4.84. The van der Waals surface area contributed by atoms with Crippen LogP contribution in [0.5, 0.6) is 11.5 Å². The smallest absolute Gasteiger partial charge is 0.164 e. The maximum Gasteiger partial charge on any atom is 0.164 e. The molecular formula is C19H28O3. The number of carbonyl (C=O) groups excluding carboxylic acids is 1. The second kappa shape index (κ2) is 6.31. The van der Waals surface area contributed by atoms with E-state index in [2.05, 4.69) is 6.92 Å². The maximum atomic E-state index is 12.2. The summed E-state index contributed by atoms with van der Waals surface area (Å²) in [5.74, 6) is 1.66. The first kappa shape index (κ1) is 16.9. The molecule has 1 spiro atoms. The van der Waals surface area contributed by atoms with Gasteiger partial charge in [0.1, 0.15) is 5.78 Å². The Morgan fingerprint density at radius 1 is 1.36 bits per heavy atom. The molecule has 1 N–H and O–H groups in total. The predicted molar refractivity (Wildman–Crippen MR) is 88.6 cm³/mol. The molecule has 0 radical (unpaired) electrons. The molecule has 2 aliphatic carbocycles. The summed E-state index contributed by atoms with van der Waals surface area (Å²) in [6, 6.07) is 3.74.